The van der Waals surface area contributed by atoms with E-state index in [1.165, 1.54) is 0 Å². The highest BCUT2D eigenvalue weighted by Crippen LogP contribution is 2.23. The molecular weight excluding hydrogens is 430 g/mol. The van der Waals surface area contributed by atoms with Crippen molar-refractivity contribution in [3.05, 3.63) is 35.9 Å². The van der Waals surface area contributed by atoms with Crippen LogP contribution >= 0.6 is 0 Å². The highest BCUT2D eigenvalue weighted by Gasteiger charge is 2.17. The zero-order valence-electron chi connectivity index (χ0n) is 19.1. The quantitative estimate of drug-likeness (QED) is 0.419. The van der Waals surface area contributed by atoms with Gasteiger partial charge in [-0.1, -0.05) is 20.8 Å². The van der Waals surface area contributed by atoms with Crippen molar-refractivity contribution in [3.8, 4) is 0 Å². The van der Waals surface area contributed by atoms with Crippen LogP contribution in [0.1, 0.15) is 44.5 Å². The van der Waals surface area contributed by atoms with E-state index < -0.39 is 10.0 Å². The summed E-state index contributed by atoms with van der Waals surface area (Å²) in [5.41, 5.74) is 1.94. The van der Waals surface area contributed by atoms with Gasteiger partial charge in [-0.3, -0.25) is 4.72 Å². The van der Waals surface area contributed by atoms with Crippen molar-refractivity contribution >= 4 is 33.0 Å². The summed E-state index contributed by atoms with van der Waals surface area (Å²) in [6, 6.07) is 3.85. The van der Waals surface area contributed by atoms with Crippen LogP contribution in [0.15, 0.2) is 24.5 Å². The molecule has 174 valence electrons. The molecule has 0 radical (unpaired) electrons. The number of hydrogen-bond donors (Lipinski definition) is 3. The standard InChI is InChI=1S/C21H31N7O3S/c1-13(2)8-17(12-29)23-20-24-18(25-21(26-20)27-32(5,30)31)9-14(3)16-10-15-6-7-28(4)19(15)22-11-16/h6-7,10-11,13-14,17,29H,8-9,12H2,1-5H3,(H2,23,24,25,26,27)/t14?,17-/m1/s1. The molecule has 32 heavy (non-hydrogen) atoms. The lowest BCUT2D eigenvalue weighted by molar-refractivity contribution is 0.259. The Balaban J connectivity index is 1.87. The molecule has 3 N–H and O–H groups in total. The molecule has 0 aliphatic carbocycles. The van der Waals surface area contributed by atoms with Gasteiger partial charge < -0.3 is 15.0 Å². The van der Waals surface area contributed by atoms with Crippen molar-refractivity contribution < 1.29 is 13.5 Å². The van der Waals surface area contributed by atoms with Crippen molar-refractivity contribution in [2.24, 2.45) is 13.0 Å². The number of rotatable bonds is 10. The van der Waals surface area contributed by atoms with Crippen molar-refractivity contribution in [2.45, 2.75) is 45.6 Å². The number of hydrogen-bond acceptors (Lipinski definition) is 8. The minimum Gasteiger partial charge on any atom is -0.394 e. The van der Waals surface area contributed by atoms with Gasteiger partial charge in [-0.15, -0.1) is 0 Å². The summed E-state index contributed by atoms with van der Waals surface area (Å²) >= 11 is 0. The summed E-state index contributed by atoms with van der Waals surface area (Å²) in [4.78, 5) is 17.5. The maximum Gasteiger partial charge on any atom is 0.241 e. The van der Waals surface area contributed by atoms with E-state index in [-0.39, 0.29) is 30.5 Å². The maximum absolute atomic E-state index is 11.7. The van der Waals surface area contributed by atoms with Gasteiger partial charge in [-0.2, -0.15) is 15.0 Å². The second-order valence-corrected chi connectivity index (χ2v) is 10.4. The smallest absolute Gasteiger partial charge is 0.241 e. The molecule has 3 rings (SSSR count). The van der Waals surface area contributed by atoms with Crippen LogP contribution in [-0.4, -0.2) is 56.9 Å². The summed E-state index contributed by atoms with van der Waals surface area (Å²) in [5.74, 6) is 1.01. The first-order valence-corrected chi connectivity index (χ1v) is 12.4. The Morgan fingerprint density at radius 1 is 1.16 bits per heavy atom. The molecular formula is C21H31N7O3S. The first kappa shape index (κ1) is 23.9. The van der Waals surface area contributed by atoms with E-state index in [1.54, 1.807) is 0 Å². The zero-order valence-corrected chi connectivity index (χ0v) is 19.9. The second kappa shape index (κ2) is 9.78. The fourth-order valence-corrected chi connectivity index (χ4v) is 3.97. The molecule has 2 atom stereocenters. The van der Waals surface area contributed by atoms with Crippen LogP contribution in [0.4, 0.5) is 11.9 Å². The third-order valence-corrected chi connectivity index (χ3v) is 5.61. The normalized spacial score (nSPS) is 14.0. The van der Waals surface area contributed by atoms with Gasteiger partial charge in [0.1, 0.15) is 11.5 Å². The van der Waals surface area contributed by atoms with Gasteiger partial charge in [0.05, 0.1) is 18.9 Å². The van der Waals surface area contributed by atoms with Crippen LogP contribution < -0.4 is 10.0 Å². The first-order valence-electron chi connectivity index (χ1n) is 10.5. The van der Waals surface area contributed by atoms with Gasteiger partial charge in [0.25, 0.3) is 0 Å². The fraction of sp³-hybridized carbons (Fsp3) is 0.524. The van der Waals surface area contributed by atoms with Crippen molar-refractivity contribution in [2.75, 3.05) is 22.9 Å². The number of pyridine rings is 1. The average molecular weight is 462 g/mol. The van der Waals surface area contributed by atoms with Crippen molar-refractivity contribution in [1.82, 2.24) is 24.5 Å². The van der Waals surface area contributed by atoms with Gasteiger partial charge in [-0.25, -0.2) is 13.4 Å². The van der Waals surface area contributed by atoms with E-state index in [4.69, 9.17) is 0 Å². The maximum atomic E-state index is 11.7. The second-order valence-electron chi connectivity index (χ2n) is 8.64. The molecule has 3 aromatic heterocycles. The molecule has 0 fully saturated rings. The Labute approximate surface area is 188 Å². The van der Waals surface area contributed by atoms with Crippen LogP contribution in [0, 0.1) is 5.92 Å². The lowest BCUT2D eigenvalue weighted by Crippen LogP contribution is -2.27. The van der Waals surface area contributed by atoms with E-state index in [0.29, 0.717) is 24.6 Å². The number of anilines is 2. The van der Waals surface area contributed by atoms with E-state index in [2.05, 4.69) is 49.9 Å². The third-order valence-electron chi connectivity index (χ3n) is 5.05. The molecule has 3 heterocycles. The zero-order chi connectivity index (χ0) is 23.5. The highest BCUT2D eigenvalue weighted by atomic mass is 32.2. The molecule has 0 aliphatic rings. The number of sulfonamides is 1. The predicted molar refractivity (Wildman–Crippen MR) is 125 cm³/mol. The SMILES string of the molecule is CC(C)C[C@H](CO)Nc1nc(CC(C)c2cnc3c(ccn3C)c2)nc(NS(C)(=O)=O)n1. The largest absolute Gasteiger partial charge is 0.394 e. The number of aryl methyl sites for hydroxylation is 1. The van der Waals surface area contributed by atoms with Crippen LogP contribution in [0.5, 0.6) is 0 Å². The summed E-state index contributed by atoms with van der Waals surface area (Å²) in [6.07, 6.45) is 6.03. The number of nitrogens with one attached hydrogen (secondary N) is 2. The number of fused-ring (bicyclic) bond motifs is 1. The lowest BCUT2D eigenvalue weighted by atomic mass is 9.98. The topological polar surface area (TPSA) is 135 Å². The van der Waals surface area contributed by atoms with Crippen LogP contribution in [0.2, 0.25) is 0 Å². The van der Waals surface area contributed by atoms with Gasteiger partial charge >= 0.3 is 0 Å². The monoisotopic (exact) mass is 461 g/mol. The van der Waals surface area contributed by atoms with Gasteiger partial charge in [0.15, 0.2) is 0 Å². The van der Waals surface area contributed by atoms with Crippen LogP contribution in [0.3, 0.4) is 0 Å². The number of aromatic nitrogens is 5. The minimum absolute atomic E-state index is 0.0396. The van der Waals surface area contributed by atoms with E-state index in [0.717, 1.165) is 22.9 Å². The molecule has 0 saturated carbocycles. The number of aliphatic hydroxyl groups is 1. The molecule has 1 unspecified atom stereocenters. The Kier molecular flexibility index (Phi) is 7.29. The lowest BCUT2D eigenvalue weighted by Gasteiger charge is -2.19. The minimum atomic E-state index is -3.56. The fourth-order valence-electron chi connectivity index (χ4n) is 3.55. The Hall–Kier alpha value is -2.79. The van der Waals surface area contributed by atoms with Crippen LogP contribution in [-0.2, 0) is 23.5 Å². The highest BCUT2D eigenvalue weighted by molar-refractivity contribution is 7.91. The summed E-state index contributed by atoms with van der Waals surface area (Å²) in [6.45, 7) is 6.06. The summed E-state index contributed by atoms with van der Waals surface area (Å²) in [5, 5.41) is 13.8. The molecule has 0 saturated heterocycles. The van der Waals surface area contributed by atoms with Crippen LogP contribution in [0.25, 0.3) is 11.0 Å². The van der Waals surface area contributed by atoms with E-state index in [1.807, 2.05) is 37.0 Å². The summed E-state index contributed by atoms with van der Waals surface area (Å²) < 4.78 is 27.8. The summed E-state index contributed by atoms with van der Waals surface area (Å²) in [7, 11) is -1.61. The van der Waals surface area contributed by atoms with Gasteiger partial charge in [0, 0.05) is 31.2 Å². The molecule has 0 spiro atoms. The Bertz CT molecular complexity index is 1180. The van der Waals surface area contributed by atoms with E-state index in [9.17, 15) is 13.5 Å². The molecule has 10 nitrogen and oxygen atoms in total. The van der Waals surface area contributed by atoms with E-state index >= 15 is 0 Å². The average Bonchev–Trinajstić information content (AvgIpc) is 3.06. The number of aliphatic hydroxyl groups excluding tert-OH is 1. The first-order chi connectivity index (χ1) is 15.0. The van der Waals surface area contributed by atoms with Crippen molar-refractivity contribution in [1.29, 1.82) is 0 Å². The molecule has 0 amide bonds. The number of nitrogens with zero attached hydrogens (tertiary/aromatic N) is 5. The molecule has 0 aliphatic heterocycles. The Morgan fingerprint density at radius 2 is 1.88 bits per heavy atom. The molecule has 11 heteroatoms. The molecule has 0 aromatic carbocycles. The van der Waals surface area contributed by atoms with Crippen molar-refractivity contribution in [3.63, 3.8) is 0 Å². The van der Waals surface area contributed by atoms with Gasteiger partial charge in [-0.05, 0) is 36.0 Å². The third kappa shape index (κ3) is 6.36. The van der Waals surface area contributed by atoms with Gasteiger partial charge in [0.2, 0.25) is 21.9 Å². The molecule has 3 aromatic rings. The Morgan fingerprint density at radius 3 is 2.53 bits per heavy atom. The predicted octanol–water partition coefficient (Wildman–Crippen LogP) is 2.29. The molecule has 0 bridgehead atoms.